The maximum Gasteiger partial charge on any atom is 0.232 e. The predicted molar refractivity (Wildman–Crippen MR) is 110 cm³/mol. The molecule has 4 rings (SSSR count). The van der Waals surface area contributed by atoms with Gasteiger partial charge in [0.15, 0.2) is 6.20 Å². The number of rotatable bonds is 3. The third kappa shape index (κ3) is 2.78. The molecule has 2 heterocycles. The molecule has 0 saturated carbocycles. The third-order valence-corrected chi connectivity index (χ3v) is 4.86. The fourth-order valence-corrected chi connectivity index (χ4v) is 3.63. The zero-order valence-electron chi connectivity index (χ0n) is 18.0. The molecule has 0 aliphatic carbocycles. The zero-order chi connectivity index (χ0) is 20.9. The van der Waals surface area contributed by atoms with Crippen LogP contribution in [0, 0.1) is 19.4 Å². The quantitative estimate of drug-likeness (QED) is 0.319. The molecule has 2 aromatic heterocycles. The lowest BCUT2D eigenvalue weighted by Gasteiger charge is -2.07. The summed E-state index contributed by atoms with van der Waals surface area (Å²) in [5, 5.41) is 1.78. The Morgan fingerprint density at radius 3 is 2.56 bits per heavy atom. The average molecular weight is 357 g/mol. The molecule has 134 valence electrons. The van der Waals surface area contributed by atoms with Crippen LogP contribution in [0.4, 0.5) is 5.69 Å². The van der Waals surface area contributed by atoms with Crippen molar-refractivity contribution in [3.63, 3.8) is 0 Å². The SMILES string of the molecule is [2H]C([2H])(c1ccc2c(oc3c(-c4cccc[n+]4C)c(C)ccc32)c1[N+]#[C-])C(C)C. The van der Waals surface area contributed by atoms with E-state index in [4.69, 9.17) is 13.7 Å². The second-order valence-corrected chi connectivity index (χ2v) is 7.18. The van der Waals surface area contributed by atoms with Crippen molar-refractivity contribution in [2.75, 3.05) is 0 Å². The van der Waals surface area contributed by atoms with Gasteiger partial charge in [-0.2, -0.15) is 0 Å². The molecule has 3 heteroatoms. The normalized spacial score (nSPS) is 13.0. The van der Waals surface area contributed by atoms with Gasteiger partial charge in [0.1, 0.15) is 18.2 Å². The summed E-state index contributed by atoms with van der Waals surface area (Å²) < 4.78 is 25.4. The third-order valence-electron chi connectivity index (χ3n) is 4.86. The van der Waals surface area contributed by atoms with Crippen molar-refractivity contribution in [1.29, 1.82) is 0 Å². The van der Waals surface area contributed by atoms with E-state index in [9.17, 15) is 0 Å². The number of benzene rings is 2. The maximum atomic E-state index is 8.49. The molecule has 0 aliphatic rings. The van der Waals surface area contributed by atoms with Gasteiger partial charge in [-0.3, -0.25) is 0 Å². The first-order valence-corrected chi connectivity index (χ1v) is 9.09. The molecule has 27 heavy (non-hydrogen) atoms. The first kappa shape index (κ1) is 15.0. The van der Waals surface area contributed by atoms with Crippen LogP contribution in [0.25, 0.3) is 38.0 Å². The van der Waals surface area contributed by atoms with Crippen molar-refractivity contribution >= 4 is 27.6 Å². The van der Waals surface area contributed by atoms with Gasteiger partial charge in [0, 0.05) is 25.6 Å². The summed E-state index contributed by atoms with van der Waals surface area (Å²) in [5.74, 6) is -0.258. The summed E-state index contributed by atoms with van der Waals surface area (Å²) in [4.78, 5) is 3.70. The van der Waals surface area contributed by atoms with E-state index in [1.807, 2.05) is 68.9 Å². The fourth-order valence-electron chi connectivity index (χ4n) is 3.63. The minimum atomic E-state index is -1.61. The van der Waals surface area contributed by atoms with Gasteiger partial charge >= 0.3 is 0 Å². The summed E-state index contributed by atoms with van der Waals surface area (Å²) in [6.45, 7) is 13.5. The van der Waals surface area contributed by atoms with Crippen LogP contribution < -0.4 is 4.57 Å². The zero-order valence-corrected chi connectivity index (χ0v) is 16.0. The molecule has 2 aromatic carbocycles. The van der Waals surface area contributed by atoms with E-state index >= 15 is 0 Å². The van der Waals surface area contributed by atoms with Crippen LogP contribution in [0.5, 0.6) is 0 Å². The number of fused-ring (bicyclic) bond motifs is 3. The van der Waals surface area contributed by atoms with Crippen LogP contribution >= 0.6 is 0 Å². The van der Waals surface area contributed by atoms with Crippen LogP contribution in [0.15, 0.2) is 53.1 Å². The Balaban J connectivity index is 2.12. The van der Waals surface area contributed by atoms with Gasteiger partial charge in [0.2, 0.25) is 11.4 Å². The summed E-state index contributed by atoms with van der Waals surface area (Å²) in [6.07, 6.45) is 0.383. The Labute approximate surface area is 162 Å². The molecule has 0 radical (unpaired) electrons. The fraction of sp³-hybridized carbons (Fsp3) is 0.250. The van der Waals surface area contributed by atoms with Gasteiger partial charge in [-0.1, -0.05) is 38.1 Å². The van der Waals surface area contributed by atoms with Crippen molar-refractivity contribution < 1.29 is 11.7 Å². The summed E-state index contributed by atoms with van der Waals surface area (Å²) in [7, 11) is 2.00. The van der Waals surface area contributed by atoms with E-state index in [2.05, 4.69) is 10.9 Å². The Hall–Kier alpha value is -3.12. The standard InChI is InChI=1S/C24H23N2O/c1-15(2)14-17-10-12-19-18-11-9-16(3)21(20-8-6-7-13-26(20)5)23(18)27-24(19)22(17)25-4/h6-13,15H,14H2,1-3,5H3/q+1/i14D2. The van der Waals surface area contributed by atoms with Gasteiger partial charge in [0.25, 0.3) is 0 Å². The van der Waals surface area contributed by atoms with Crippen molar-refractivity contribution in [2.24, 2.45) is 13.0 Å². The summed E-state index contributed by atoms with van der Waals surface area (Å²) in [5.41, 5.74) is 4.94. The van der Waals surface area contributed by atoms with Crippen molar-refractivity contribution in [2.45, 2.75) is 27.1 Å². The second kappa shape index (κ2) is 6.55. The highest BCUT2D eigenvalue weighted by atomic mass is 16.3. The topological polar surface area (TPSA) is 21.4 Å². The number of hydrogen-bond acceptors (Lipinski definition) is 1. The Morgan fingerprint density at radius 1 is 1.11 bits per heavy atom. The van der Waals surface area contributed by atoms with Crippen molar-refractivity contribution in [3.8, 4) is 11.3 Å². The largest absolute Gasteiger partial charge is 0.466 e. The molecule has 0 saturated heterocycles. The number of pyridine rings is 1. The molecule has 0 atom stereocenters. The molecule has 4 aromatic rings. The van der Waals surface area contributed by atoms with E-state index in [1.165, 1.54) is 0 Å². The molecule has 3 nitrogen and oxygen atoms in total. The van der Waals surface area contributed by atoms with Gasteiger partial charge in [-0.25, -0.2) is 9.41 Å². The van der Waals surface area contributed by atoms with Crippen LogP contribution in [0.1, 0.15) is 27.7 Å². The molecular formula is C24H23N2O+. The molecule has 0 unspecified atom stereocenters. The van der Waals surface area contributed by atoms with Gasteiger partial charge in [0.05, 0.1) is 12.1 Å². The molecular weight excluding hydrogens is 332 g/mol. The monoisotopic (exact) mass is 357 g/mol. The van der Waals surface area contributed by atoms with E-state index < -0.39 is 6.37 Å². The smallest absolute Gasteiger partial charge is 0.232 e. The van der Waals surface area contributed by atoms with Crippen LogP contribution in [-0.4, -0.2) is 0 Å². The van der Waals surface area contributed by atoms with Crippen LogP contribution in [0.3, 0.4) is 0 Å². The average Bonchev–Trinajstić information content (AvgIpc) is 3.06. The Kier molecular flexibility index (Phi) is 3.64. The summed E-state index contributed by atoms with van der Waals surface area (Å²) in [6, 6.07) is 13.7. The Bertz CT molecular complexity index is 1300. The van der Waals surface area contributed by atoms with E-state index in [-0.39, 0.29) is 11.6 Å². The van der Waals surface area contributed by atoms with Crippen LogP contribution in [0.2, 0.25) is 0 Å². The Morgan fingerprint density at radius 2 is 1.85 bits per heavy atom. The number of nitrogens with zero attached hydrogens (tertiary/aromatic N) is 2. The first-order valence-electron chi connectivity index (χ1n) is 10.1. The number of hydrogen-bond donors (Lipinski definition) is 0. The van der Waals surface area contributed by atoms with E-state index in [1.54, 1.807) is 6.07 Å². The summed E-state index contributed by atoms with van der Waals surface area (Å²) >= 11 is 0. The van der Waals surface area contributed by atoms with E-state index in [0.29, 0.717) is 11.1 Å². The molecule has 0 spiro atoms. The predicted octanol–water partition coefficient (Wildman–Crippen LogP) is 6.14. The lowest BCUT2D eigenvalue weighted by Crippen LogP contribution is -2.30. The van der Waals surface area contributed by atoms with E-state index in [0.717, 1.165) is 33.2 Å². The molecule has 0 fully saturated rings. The highest BCUT2D eigenvalue weighted by Gasteiger charge is 2.22. The molecule has 0 bridgehead atoms. The molecule has 0 N–H and O–H groups in total. The minimum Gasteiger partial charge on any atom is -0.466 e. The molecule has 0 aliphatic heterocycles. The van der Waals surface area contributed by atoms with Gasteiger partial charge < -0.3 is 4.42 Å². The number of furan rings is 1. The first-order chi connectivity index (χ1) is 13.8. The lowest BCUT2D eigenvalue weighted by atomic mass is 9.98. The number of aromatic nitrogens is 1. The van der Waals surface area contributed by atoms with Crippen molar-refractivity contribution in [3.05, 3.63) is 71.2 Å². The van der Waals surface area contributed by atoms with Gasteiger partial charge in [-0.05, 0) is 36.4 Å². The van der Waals surface area contributed by atoms with Crippen LogP contribution in [-0.2, 0) is 13.4 Å². The maximum absolute atomic E-state index is 8.49. The lowest BCUT2D eigenvalue weighted by molar-refractivity contribution is -0.660. The highest BCUT2D eigenvalue weighted by molar-refractivity contribution is 6.13. The highest BCUT2D eigenvalue weighted by Crippen LogP contribution is 2.41. The number of aryl methyl sites for hydroxylation is 2. The minimum absolute atomic E-state index is 0.258. The second-order valence-electron chi connectivity index (χ2n) is 7.18. The van der Waals surface area contributed by atoms with Crippen molar-refractivity contribution in [1.82, 2.24) is 0 Å². The van der Waals surface area contributed by atoms with Gasteiger partial charge in [-0.15, -0.1) is 0 Å². The molecule has 0 amide bonds.